The van der Waals surface area contributed by atoms with Crippen LogP contribution in [0.2, 0.25) is 5.02 Å². The zero-order valence-electron chi connectivity index (χ0n) is 9.59. The molecule has 0 bridgehead atoms. The van der Waals surface area contributed by atoms with E-state index in [9.17, 15) is 15.0 Å². The molecule has 2 aromatic rings. The highest BCUT2D eigenvalue weighted by molar-refractivity contribution is 6.32. The number of carbonyl (C=O) groups is 1. The maximum absolute atomic E-state index is 11.9. The lowest BCUT2D eigenvalue weighted by molar-refractivity contribution is 0.102. The van der Waals surface area contributed by atoms with Crippen LogP contribution in [0.15, 0.2) is 36.4 Å². The van der Waals surface area contributed by atoms with Crippen LogP contribution in [0.5, 0.6) is 17.2 Å². The fourth-order valence-electron chi connectivity index (χ4n) is 1.45. The first kappa shape index (κ1) is 13.0. The minimum absolute atomic E-state index is 0.0815. The molecular weight excluding hydrogens is 270 g/mol. The van der Waals surface area contributed by atoms with Gasteiger partial charge in [-0.3, -0.25) is 4.79 Å². The van der Waals surface area contributed by atoms with Crippen LogP contribution in [-0.4, -0.2) is 21.2 Å². The molecule has 0 atom stereocenters. The molecule has 2 aromatic carbocycles. The molecule has 0 saturated carbocycles. The van der Waals surface area contributed by atoms with Crippen molar-refractivity contribution in [3.63, 3.8) is 0 Å². The summed E-state index contributed by atoms with van der Waals surface area (Å²) >= 11 is 5.71. The molecule has 6 heteroatoms. The Morgan fingerprint density at radius 3 is 2.26 bits per heavy atom. The van der Waals surface area contributed by atoms with Gasteiger partial charge in [0.15, 0.2) is 11.5 Å². The van der Waals surface area contributed by atoms with Crippen molar-refractivity contribution in [2.45, 2.75) is 0 Å². The van der Waals surface area contributed by atoms with Crippen molar-refractivity contribution in [1.29, 1.82) is 0 Å². The normalized spacial score (nSPS) is 10.2. The van der Waals surface area contributed by atoms with Crippen LogP contribution in [0.25, 0.3) is 0 Å². The molecule has 0 aromatic heterocycles. The molecule has 0 aliphatic rings. The first-order valence-corrected chi connectivity index (χ1v) is 5.67. The Balaban J connectivity index is 2.20. The summed E-state index contributed by atoms with van der Waals surface area (Å²) in [7, 11) is 0. The van der Waals surface area contributed by atoms with Crippen molar-refractivity contribution in [3.05, 3.63) is 47.0 Å². The van der Waals surface area contributed by atoms with Crippen LogP contribution in [0.3, 0.4) is 0 Å². The van der Waals surface area contributed by atoms with E-state index >= 15 is 0 Å². The summed E-state index contributed by atoms with van der Waals surface area (Å²) < 4.78 is 0. The van der Waals surface area contributed by atoms with Crippen LogP contribution in [-0.2, 0) is 0 Å². The molecule has 0 aliphatic carbocycles. The van der Waals surface area contributed by atoms with Gasteiger partial charge in [0.25, 0.3) is 5.91 Å². The van der Waals surface area contributed by atoms with E-state index in [2.05, 4.69) is 5.32 Å². The van der Waals surface area contributed by atoms with Gasteiger partial charge in [0, 0.05) is 11.3 Å². The van der Waals surface area contributed by atoms with Gasteiger partial charge in [-0.25, -0.2) is 0 Å². The van der Waals surface area contributed by atoms with Crippen molar-refractivity contribution in [2.75, 3.05) is 5.32 Å². The first-order chi connectivity index (χ1) is 8.97. The van der Waals surface area contributed by atoms with Crippen molar-refractivity contribution >= 4 is 23.2 Å². The third-order valence-electron chi connectivity index (χ3n) is 2.44. The fraction of sp³-hybridized carbons (Fsp3) is 0. The molecule has 98 valence electrons. The number of hydrogen-bond acceptors (Lipinski definition) is 4. The lowest BCUT2D eigenvalue weighted by Gasteiger charge is -2.07. The van der Waals surface area contributed by atoms with Gasteiger partial charge in [-0.15, -0.1) is 0 Å². The Hall–Kier alpha value is -2.40. The Morgan fingerprint density at radius 2 is 1.63 bits per heavy atom. The lowest BCUT2D eigenvalue weighted by Crippen LogP contribution is -2.11. The van der Waals surface area contributed by atoms with E-state index in [0.29, 0.717) is 5.69 Å². The highest BCUT2D eigenvalue weighted by Gasteiger charge is 2.10. The number of aromatic hydroxyl groups is 3. The molecule has 19 heavy (non-hydrogen) atoms. The molecule has 0 aliphatic heterocycles. The average Bonchev–Trinajstić information content (AvgIpc) is 2.37. The third-order valence-corrected chi connectivity index (χ3v) is 2.75. The van der Waals surface area contributed by atoms with Gasteiger partial charge in [-0.2, -0.15) is 0 Å². The number of halogens is 1. The van der Waals surface area contributed by atoms with Crippen LogP contribution in [0, 0.1) is 0 Å². The van der Waals surface area contributed by atoms with Gasteiger partial charge < -0.3 is 20.6 Å². The van der Waals surface area contributed by atoms with E-state index in [-0.39, 0.29) is 27.8 Å². The second kappa shape index (κ2) is 5.07. The summed E-state index contributed by atoms with van der Waals surface area (Å²) in [6.07, 6.45) is 0. The van der Waals surface area contributed by atoms with E-state index in [4.69, 9.17) is 16.7 Å². The molecule has 0 spiro atoms. The predicted molar refractivity (Wildman–Crippen MR) is 70.8 cm³/mol. The van der Waals surface area contributed by atoms with Gasteiger partial charge in [0.2, 0.25) is 0 Å². The van der Waals surface area contributed by atoms with E-state index in [1.807, 2.05) is 0 Å². The highest BCUT2D eigenvalue weighted by Crippen LogP contribution is 2.27. The predicted octanol–water partition coefficient (Wildman–Crippen LogP) is 2.71. The summed E-state index contributed by atoms with van der Waals surface area (Å²) in [5.74, 6) is -1.24. The first-order valence-electron chi connectivity index (χ1n) is 5.29. The number of amides is 1. The Labute approximate surface area is 113 Å². The smallest absolute Gasteiger partial charge is 0.255 e. The molecule has 2 rings (SSSR count). The number of anilines is 1. The summed E-state index contributed by atoms with van der Waals surface area (Å²) in [5, 5.41) is 30.4. The van der Waals surface area contributed by atoms with E-state index in [1.54, 1.807) is 0 Å². The van der Waals surface area contributed by atoms with Crippen LogP contribution < -0.4 is 5.32 Å². The largest absolute Gasteiger partial charge is 0.506 e. The fourth-order valence-corrected chi connectivity index (χ4v) is 1.63. The minimum Gasteiger partial charge on any atom is -0.506 e. The second-order valence-electron chi connectivity index (χ2n) is 3.82. The molecule has 0 unspecified atom stereocenters. The third kappa shape index (κ3) is 2.89. The van der Waals surface area contributed by atoms with Gasteiger partial charge >= 0.3 is 0 Å². The summed E-state index contributed by atoms with van der Waals surface area (Å²) in [6.45, 7) is 0. The van der Waals surface area contributed by atoms with Gasteiger partial charge in [0.05, 0.1) is 5.02 Å². The summed E-state index contributed by atoms with van der Waals surface area (Å²) in [5.41, 5.74) is 0.583. The van der Waals surface area contributed by atoms with Crippen molar-refractivity contribution < 1.29 is 20.1 Å². The summed E-state index contributed by atoms with van der Waals surface area (Å²) in [6, 6.07) is 7.97. The van der Waals surface area contributed by atoms with Crippen LogP contribution in [0.4, 0.5) is 5.69 Å². The van der Waals surface area contributed by atoms with Crippen molar-refractivity contribution in [1.82, 2.24) is 0 Å². The molecule has 0 radical (unpaired) electrons. The number of nitrogens with one attached hydrogen (secondary N) is 1. The quantitative estimate of drug-likeness (QED) is 0.502. The lowest BCUT2D eigenvalue weighted by atomic mass is 10.2. The maximum Gasteiger partial charge on any atom is 0.255 e. The Morgan fingerprint density at radius 1 is 0.947 bits per heavy atom. The number of phenols is 3. The molecule has 5 nitrogen and oxygen atoms in total. The average molecular weight is 280 g/mol. The number of phenolic OH excluding ortho intramolecular Hbond substituents is 3. The molecule has 1 amide bonds. The highest BCUT2D eigenvalue weighted by atomic mass is 35.5. The molecular formula is C13H10ClNO4. The minimum atomic E-state index is -0.475. The molecule has 0 fully saturated rings. The number of hydrogen-bond donors (Lipinski definition) is 4. The molecule has 0 saturated heterocycles. The second-order valence-corrected chi connectivity index (χ2v) is 4.23. The number of benzene rings is 2. The summed E-state index contributed by atoms with van der Waals surface area (Å²) in [4.78, 5) is 11.9. The van der Waals surface area contributed by atoms with Gasteiger partial charge in [-0.05, 0) is 36.4 Å². The topological polar surface area (TPSA) is 89.8 Å². The van der Waals surface area contributed by atoms with Crippen molar-refractivity contribution in [3.8, 4) is 17.2 Å². The Kier molecular flexibility index (Phi) is 3.48. The SMILES string of the molecule is O=C(Nc1ccc(O)c(Cl)c1)c1ccc(O)c(O)c1. The van der Waals surface area contributed by atoms with Crippen molar-refractivity contribution in [2.24, 2.45) is 0 Å². The number of carbonyl (C=O) groups excluding carboxylic acids is 1. The zero-order chi connectivity index (χ0) is 14.0. The van der Waals surface area contributed by atoms with E-state index in [0.717, 1.165) is 6.07 Å². The number of rotatable bonds is 2. The van der Waals surface area contributed by atoms with Crippen LogP contribution >= 0.6 is 11.6 Å². The standard InChI is InChI=1S/C13H10ClNO4/c14-9-6-8(2-4-10(9)16)15-13(19)7-1-3-11(17)12(18)5-7/h1-6,16-18H,(H,15,19). The zero-order valence-corrected chi connectivity index (χ0v) is 10.3. The van der Waals surface area contributed by atoms with Gasteiger partial charge in [0.1, 0.15) is 5.75 Å². The van der Waals surface area contributed by atoms with Gasteiger partial charge in [-0.1, -0.05) is 11.6 Å². The monoisotopic (exact) mass is 279 g/mol. The van der Waals surface area contributed by atoms with E-state index in [1.165, 1.54) is 30.3 Å². The van der Waals surface area contributed by atoms with Crippen LogP contribution in [0.1, 0.15) is 10.4 Å². The Bertz CT molecular complexity index is 643. The van der Waals surface area contributed by atoms with E-state index < -0.39 is 5.91 Å². The molecule has 4 N–H and O–H groups in total. The maximum atomic E-state index is 11.9. The molecule has 0 heterocycles.